The lowest BCUT2D eigenvalue weighted by atomic mass is 10.0. The molecule has 0 bridgehead atoms. The summed E-state index contributed by atoms with van der Waals surface area (Å²) in [6, 6.07) is 7.00. The molecule has 1 atom stereocenters. The molecule has 0 saturated heterocycles. The van der Waals surface area contributed by atoms with Crippen LogP contribution < -0.4 is 5.32 Å². The van der Waals surface area contributed by atoms with Crippen LogP contribution >= 0.6 is 23.2 Å². The molecule has 0 heterocycles. The largest absolute Gasteiger partial charge is 0.409 e. The Morgan fingerprint density at radius 2 is 1.63 bits per heavy atom. The van der Waals surface area contributed by atoms with E-state index < -0.39 is 14.0 Å². The van der Waals surface area contributed by atoms with Crippen molar-refractivity contribution in [1.29, 1.82) is 0 Å². The summed E-state index contributed by atoms with van der Waals surface area (Å²) in [5, 5.41) is 4.60. The smallest absolute Gasteiger partial charge is 0.192 e. The molecule has 154 valence electrons. The Bertz CT molecular complexity index is 587. The summed E-state index contributed by atoms with van der Waals surface area (Å²) in [5.41, 5.74) is 0.780. The topological polar surface area (TPSA) is 21.3 Å². The van der Waals surface area contributed by atoms with Crippen LogP contribution in [0.15, 0.2) is 12.1 Å². The summed E-state index contributed by atoms with van der Waals surface area (Å²) in [6.45, 7) is 9.49. The van der Waals surface area contributed by atoms with Gasteiger partial charge in [0.25, 0.3) is 0 Å². The number of aryl methyl sites for hydroxylation is 1. The second-order valence-electron chi connectivity index (χ2n) is 7.98. The van der Waals surface area contributed by atoms with Crippen LogP contribution in [-0.4, -0.2) is 27.1 Å². The van der Waals surface area contributed by atoms with Gasteiger partial charge in [0.15, 0.2) is 8.32 Å². The van der Waals surface area contributed by atoms with Crippen LogP contribution in [0.3, 0.4) is 0 Å². The van der Waals surface area contributed by atoms with E-state index in [1.165, 1.54) is 0 Å². The number of hydrogen-bond donors (Lipinski definition) is 1. The van der Waals surface area contributed by atoms with Gasteiger partial charge in [-0.2, -0.15) is 0 Å². The predicted octanol–water partition coefficient (Wildman–Crippen LogP) is 7.24. The summed E-state index contributed by atoms with van der Waals surface area (Å²) < 4.78 is 21.5. The molecule has 0 aliphatic heterocycles. The highest BCUT2D eigenvalue weighted by molar-refractivity contribution is 6.73. The van der Waals surface area contributed by atoms with Gasteiger partial charge in [-0.3, -0.25) is 0 Å². The summed E-state index contributed by atoms with van der Waals surface area (Å²) in [6.07, 6.45) is 3.00. The second kappa shape index (κ2) is 10.1. The maximum absolute atomic E-state index is 14.8. The van der Waals surface area contributed by atoms with Gasteiger partial charge in [0.05, 0.1) is 6.10 Å². The fraction of sp³-hybridized carbons (Fsp3) is 0.714. The molecule has 1 aliphatic carbocycles. The van der Waals surface area contributed by atoms with Crippen molar-refractivity contribution in [2.24, 2.45) is 0 Å². The third-order valence-electron chi connectivity index (χ3n) is 6.14. The predicted molar refractivity (Wildman–Crippen MR) is 117 cm³/mol. The van der Waals surface area contributed by atoms with Crippen molar-refractivity contribution < 1.29 is 8.82 Å². The molecule has 0 spiro atoms. The van der Waals surface area contributed by atoms with E-state index in [1.807, 2.05) is 19.1 Å². The van der Waals surface area contributed by atoms with E-state index in [4.69, 9.17) is 27.6 Å². The zero-order valence-corrected chi connectivity index (χ0v) is 19.7. The van der Waals surface area contributed by atoms with Crippen LogP contribution in [0.4, 0.5) is 4.39 Å². The van der Waals surface area contributed by atoms with E-state index in [-0.39, 0.29) is 6.10 Å². The third-order valence-corrected chi connectivity index (χ3v) is 11.4. The van der Waals surface area contributed by atoms with E-state index in [0.29, 0.717) is 36.0 Å². The maximum atomic E-state index is 14.8. The average molecular weight is 434 g/mol. The first-order chi connectivity index (χ1) is 12.8. The molecule has 1 aromatic rings. The van der Waals surface area contributed by atoms with E-state index in [2.05, 4.69) is 26.1 Å². The Labute approximate surface area is 175 Å². The molecule has 1 N–H and O–H groups in total. The van der Waals surface area contributed by atoms with Crippen molar-refractivity contribution in [3.63, 3.8) is 0 Å². The van der Waals surface area contributed by atoms with Crippen LogP contribution in [0.2, 0.25) is 28.2 Å². The molecule has 6 heteroatoms. The minimum atomic E-state index is -1.87. The molecule has 1 saturated carbocycles. The number of nitrogens with one attached hydrogen (secondary N) is 1. The Kier molecular flexibility index (Phi) is 8.63. The third kappa shape index (κ3) is 5.93. The molecule has 1 aromatic carbocycles. The van der Waals surface area contributed by atoms with E-state index >= 15 is 0 Å². The first-order valence-corrected chi connectivity index (χ1v) is 13.6. The number of hydrogen-bond acceptors (Lipinski definition) is 2. The van der Waals surface area contributed by atoms with Gasteiger partial charge in [0.2, 0.25) is 0 Å². The maximum Gasteiger partial charge on any atom is 0.192 e. The van der Waals surface area contributed by atoms with Gasteiger partial charge in [-0.15, -0.1) is 0 Å². The molecular weight excluding hydrogens is 400 g/mol. The van der Waals surface area contributed by atoms with Crippen molar-refractivity contribution in [3.05, 3.63) is 33.3 Å². The molecule has 1 aliphatic rings. The number of rotatable bonds is 10. The minimum Gasteiger partial charge on any atom is -0.409 e. The van der Waals surface area contributed by atoms with Crippen LogP contribution in [0.1, 0.15) is 63.7 Å². The van der Waals surface area contributed by atoms with Crippen LogP contribution in [0.25, 0.3) is 0 Å². The number of halogens is 3. The second-order valence-corrected chi connectivity index (χ2v) is 13.5. The van der Waals surface area contributed by atoms with Crippen molar-refractivity contribution in [3.8, 4) is 0 Å². The summed E-state index contributed by atoms with van der Waals surface area (Å²) in [5.74, 6) is 0. The Balaban J connectivity index is 2.23. The highest BCUT2D eigenvalue weighted by Gasteiger charge is 2.36. The minimum absolute atomic E-state index is 0.248. The Morgan fingerprint density at radius 3 is 2.11 bits per heavy atom. The lowest BCUT2D eigenvalue weighted by Crippen LogP contribution is -2.42. The average Bonchev–Trinajstić information content (AvgIpc) is 3.05. The van der Waals surface area contributed by atoms with Gasteiger partial charge in [-0.1, -0.05) is 56.8 Å². The highest BCUT2D eigenvalue weighted by Crippen LogP contribution is 2.38. The van der Waals surface area contributed by atoms with Gasteiger partial charge < -0.3 is 9.74 Å². The molecule has 0 radical (unpaired) electrons. The van der Waals surface area contributed by atoms with Crippen molar-refractivity contribution in [1.82, 2.24) is 5.32 Å². The lowest BCUT2D eigenvalue weighted by Gasteiger charge is -2.35. The SMILES string of the molecule is CC[Si](CC)(CC)OC(CNCC1(F)CCCC1)c1c(Cl)cc(C)cc1Cl. The summed E-state index contributed by atoms with van der Waals surface area (Å²) >= 11 is 13.1. The number of benzene rings is 1. The molecule has 1 unspecified atom stereocenters. The van der Waals surface area contributed by atoms with Gasteiger partial charge in [0.1, 0.15) is 5.67 Å². The quantitative estimate of drug-likeness (QED) is 0.392. The molecule has 0 aromatic heterocycles. The molecular formula is C21H34Cl2FNOSi. The number of alkyl halides is 1. The fourth-order valence-corrected chi connectivity index (χ4v) is 7.78. The van der Waals surface area contributed by atoms with Gasteiger partial charge in [0, 0.05) is 28.7 Å². The Morgan fingerprint density at radius 1 is 1.11 bits per heavy atom. The van der Waals surface area contributed by atoms with Crippen LogP contribution in [0, 0.1) is 6.92 Å². The van der Waals surface area contributed by atoms with Gasteiger partial charge in [-0.25, -0.2) is 4.39 Å². The zero-order valence-electron chi connectivity index (χ0n) is 17.1. The first kappa shape index (κ1) is 23.1. The molecule has 2 rings (SSSR count). The normalized spacial score (nSPS) is 18.0. The fourth-order valence-electron chi connectivity index (χ4n) is 4.14. The van der Waals surface area contributed by atoms with Crippen molar-refractivity contribution in [2.45, 2.75) is 83.3 Å². The molecule has 1 fully saturated rings. The van der Waals surface area contributed by atoms with E-state index in [9.17, 15) is 4.39 Å². The molecule has 27 heavy (non-hydrogen) atoms. The van der Waals surface area contributed by atoms with Crippen molar-refractivity contribution in [2.75, 3.05) is 13.1 Å². The monoisotopic (exact) mass is 433 g/mol. The molecule has 2 nitrogen and oxygen atoms in total. The van der Waals surface area contributed by atoms with Crippen LogP contribution in [-0.2, 0) is 4.43 Å². The van der Waals surface area contributed by atoms with Crippen LogP contribution in [0.5, 0.6) is 0 Å². The van der Waals surface area contributed by atoms with E-state index in [0.717, 1.165) is 42.1 Å². The van der Waals surface area contributed by atoms with Crippen molar-refractivity contribution >= 4 is 31.5 Å². The molecule has 0 amide bonds. The summed E-state index contributed by atoms with van der Waals surface area (Å²) in [4.78, 5) is 0. The highest BCUT2D eigenvalue weighted by atomic mass is 35.5. The standard InChI is InChI=1S/C21H34Cl2FNOSi/c1-5-27(6-2,7-3)26-19(14-25-15-21(24)10-8-9-11-21)20-17(22)12-16(4)13-18(20)23/h12-13,19,25H,5-11,14-15H2,1-4H3. The van der Waals surface area contributed by atoms with E-state index in [1.54, 1.807) is 0 Å². The Hall–Kier alpha value is -0.133. The first-order valence-electron chi connectivity index (χ1n) is 10.3. The van der Waals surface area contributed by atoms with Gasteiger partial charge in [-0.05, 0) is 55.6 Å². The summed E-state index contributed by atoms with van der Waals surface area (Å²) in [7, 11) is -1.87. The van der Waals surface area contributed by atoms with Gasteiger partial charge >= 0.3 is 0 Å². The lowest BCUT2D eigenvalue weighted by molar-refractivity contribution is 0.146. The zero-order chi connectivity index (χ0) is 20.1.